The quantitative estimate of drug-likeness (QED) is 0.734. The van der Waals surface area contributed by atoms with Crippen LogP contribution in [-0.2, 0) is 5.60 Å². The molecular formula is C10H16NOP. The molecule has 0 radical (unpaired) electrons. The first-order chi connectivity index (χ1) is 5.91. The summed E-state index contributed by atoms with van der Waals surface area (Å²) in [5, 5.41) is 9.70. The molecule has 0 saturated heterocycles. The molecule has 1 N–H and O–H groups in total. The highest BCUT2D eigenvalue weighted by Crippen LogP contribution is 2.23. The van der Waals surface area contributed by atoms with Crippen LogP contribution in [0.25, 0.3) is 0 Å². The number of rotatable bonds is 2. The van der Waals surface area contributed by atoms with E-state index in [-0.39, 0.29) is 0 Å². The van der Waals surface area contributed by atoms with E-state index in [1.165, 1.54) is 0 Å². The molecule has 0 aliphatic carbocycles. The van der Waals surface area contributed by atoms with Gasteiger partial charge in [0, 0.05) is 12.7 Å². The molecular weight excluding hydrogens is 181 g/mol. The first-order valence-corrected chi connectivity index (χ1v) is 4.74. The topological polar surface area (TPSA) is 23.5 Å². The van der Waals surface area contributed by atoms with Crippen LogP contribution in [0.4, 0.5) is 5.69 Å². The van der Waals surface area contributed by atoms with Gasteiger partial charge in [-0.25, -0.2) is 0 Å². The van der Waals surface area contributed by atoms with Crippen molar-refractivity contribution in [3.63, 3.8) is 0 Å². The molecule has 0 saturated carbocycles. The van der Waals surface area contributed by atoms with Gasteiger partial charge < -0.3 is 9.78 Å². The fourth-order valence-corrected chi connectivity index (χ4v) is 1.28. The zero-order valence-electron chi connectivity index (χ0n) is 8.28. The molecule has 0 aliphatic heterocycles. The second-order valence-electron chi connectivity index (χ2n) is 3.72. The Hall–Kier alpha value is -0.590. The molecule has 1 aromatic rings. The van der Waals surface area contributed by atoms with E-state index in [4.69, 9.17) is 0 Å². The second kappa shape index (κ2) is 3.65. The lowest BCUT2D eigenvalue weighted by atomic mass is 9.98. The average molecular weight is 197 g/mol. The van der Waals surface area contributed by atoms with Gasteiger partial charge in [0.2, 0.25) is 0 Å². The Morgan fingerprint density at radius 1 is 1.23 bits per heavy atom. The molecule has 0 bridgehead atoms. The van der Waals surface area contributed by atoms with Gasteiger partial charge in [-0.3, -0.25) is 0 Å². The molecule has 0 aromatic heterocycles. The summed E-state index contributed by atoms with van der Waals surface area (Å²) in [6.07, 6.45) is 0. The summed E-state index contributed by atoms with van der Waals surface area (Å²) in [6.45, 7) is 3.57. The fourth-order valence-electron chi connectivity index (χ4n) is 1.10. The maximum atomic E-state index is 9.70. The predicted octanol–water partition coefficient (Wildman–Crippen LogP) is 2.14. The van der Waals surface area contributed by atoms with Crippen molar-refractivity contribution in [1.82, 2.24) is 0 Å². The van der Waals surface area contributed by atoms with Gasteiger partial charge in [0.15, 0.2) is 0 Å². The molecule has 3 heteroatoms. The summed E-state index contributed by atoms with van der Waals surface area (Å²) in [7, 11) is 4.55. The normalized spacial score (nSPS) is 11.5. The van der Waals surface area contributed by atoms with Crippen molar-refractivity contribution < 1.29 is 5.11 Å². The highest BCUT2D eigenvalue weighted by molar-refractivity contribution is 7.19. The number of benzene rings is 1. The van der Waals surface area contributed by atoms with Crippen molar-refractivity contribution in [3.05, 3.63) is 29.8 Å². The van der Waals surface area contributed by atoms with E-state index in [1.807, 2.05) is 36.0 Å². The third-order valence-corrected chi connectivity index (χ3v) is 2.28. The van der Waals surface area contributed by atoms with E-state index in [0.29, 0.717) is 0 Å². The maximum absolute atomic E-state index is 9.70. The fraction of sp³-hybridized carbons (Fsp3) is 0.400. The molecule has 1 rings (SSSR count). The minimum atomic E-state index is -0.752. The Balaban J connectivity index is 2.94. The van der Waals surface area contributed by atoms with Gasteiger partial charge in [0.1, 0.15) is 0 Å². The van der Waals surface area contributed by atoms with Crippen molar-refractivity contribution in [2.24, 2.45) is 0 Å². The van der Waals surface area contributed by atoms with Crippen molar-refractivity contribution in [1.29, 1.82) is 0 Å². The van der Waals surface area contributed by atoms with Gasteiger partial charge >= 0.3 is 0 Å². The molecule has 0 heterocycles. The number of hydrogen-bond donors (Lipinski definition) is 1. The van der Waals surface area contributed by atoms with E-state index in [2.05, 4.69) is 9.39 Å². The summed E-state index contributed by atoms with van der Waals surface area (Å²) >= 11 is 0. The number of aliphatic hydroxyl groups is 1. The third kappa shape index (κ3) is 2.68. The van der Waals surface area contributed by atoms with Crippen LogP contribution in [0.2, 0.25) is 0 Å². The molecule has 0 spiro atoms. The predicted molar refractivity (Wildman–Crippen MR) is 59.8 cm³/mol. The van der Waals surface area contributed by atoms with Crippen LogP contribution in [0.1, 0.15) is 19.4 Å². The zero-order valence-corrected chi connectivity index (χ0v) is 9.44. The van der Waals surface area contributed by atoms with Gasteiger partial charge in [0.25, 0.3) is 0 Å². The van der Waals surface area contributed by atoms with Crippen molar-refractivity contribution in [2.75, 3.05) is 11.7 Å². The average Bonchev–Trinajstić information content (AvgIpc) is 2.03. The molecule has 13 heavy (non-hydrogen) atoms. The van der Waals surface area contributed by atoms with Crippen LogP contribution < -0.4 is 4.67 Å². The van der Waals surface area contributed by atoms with Crippen molar-refractivity contribution >= 4 is 15.1 Å². The number of anilines is 1. The van der Waals surface area contributed by atoms with E-state index in [9.17, 15) is 5.11 Å². The lowest BCUT2D eigenvalue weighted by molar-refractivity contribution is 0.0786. The molecule has 2 nitrogen and oxygen atoms in total. The monoisotopic (exact) mass is 197 g/mol. The largest absolute Gasteiger partial charge is 0.386 e. The van der Waals surface area contributed by atoms with Crippen LogP contribution in [0, 0.1) is 0 Å². The highest BCUT2D eigenvalue weighted by atomic mass is 31.0. The third-order valence-electron chi connectivity index (χ3n) is 1.98. The Labute approximate surface area is 81.8 Å². The Morgan fingerprint density at radius 2 is 1.69 bits per heavy atom. The van der Waals surface area contributed by atoms with E-state index in [0.717, 1.165) is 11.3 Å². The highest BCUT2D eigenvalue weighted by Gasteiger charge is 2.14. The lowest BCUT2D eigenvalue weighted by Gasteiger charge is -2.19. The van der Waals surface area contributed by atoms with Gasteiger partial charge in [0.05, 0.1) is 5.60 Å². The Kier molecular flexibility index (Phi) is 2.94. The molecule has 0 amide bonds. The summed E-state index contributed by atoms with van der Waals surface area (Å²) in [5.74, 6) is 0. The second-order valence-corrected chi connectivity index (χ2v) is 4.49. The SMILES string of the molecule is CN(P)c1ccc(C(C)(C)O)cc1. The van der Waals surface area contributed by atoms with E-state index < -0.39 is 5.60 Å². The van der Waals surface area contributed by atoms with Gasteiger partial charge in [-0.15, -0.1) is 0 Å². The van der Waals surface area contributed by atoms with Crippen LogP contribution in [0.15, 0.2) is 24.3 Å². The van der Waals surface area contributed by atoms with Gasteiger partial charge in [-0.2, -0.15) is 0 Å². The van der Waals surface area contributed by atoms with Gasteiger partial charge in [-0.05, 0) is 40.9 Å². The Morgan fingerprint density at radius 3 is 2.00 bits per heavy atom. The number of hydrogen-bond acceptors (Lipinski definition) is 2. The molecule has 1 atom stereocenters. The summed E-state index contributed by atoms with van der Waals surface area (Å²) < 4.78 is 1.95. The lowest BCUT2D eigenvalue weighted by Crippen LogP contribution is -2.15. The molecule has 72 valence electrons. The first kappa shape index (κ1) is 10.5. The van der Waals surface area contributed by atoms with Crippen LogP contribution >= 0.6 is 9.39 Å². The number of nitrogens with zero attached hydrogens (tertiary/aromatic N) is 1. The minimum Gasteiger partial charge on any atom is -0.386 e. The standard InChI is InChI=1S/C10H16NOP/c1-10(2,12)8-4-6-9(7-5-8)11(3)13/h4-7,12H,13H2,1-3H3. The van der Waals surface area contributed by atoms with Gasteiger partial charge in [-0.1, -0.05) is 12.1 Å². The van der Waals surface area contributed by atoms with Crippen molar-refractivity contribution in [2.45, 2.75) is 19.4 Å². The Bertz CT molecular complexity index is 274. The molecule has 1 aromatic carbocycles. The van der Waals surface area contributed by atoms with E-state index in [1.54, 1.807) is 13.8 Å². The molecule has 1 unspecified atom stereocenters. The van der Waals surface area contributed by atoms with Crippen LogP contribution in [0.5, 0.6) is 0 Å². The summed E-state index contributed by atoms with van der Waals surface area (Å²) in [5.41, 5.74) is 1.29. The van der Waals surface area contributed by atoms with E-state index >= 15 is 0 Å². The summed E-state index contributed by atoms with van der Waals surface area (Å²) in [4.78, 5) is 0. The summed E-state index contributed by atoms with van der Waals surface area (Å²) in [6, 6.07) is 7.85. The zero-order chi connectivity index (χ0) is 10.1. The van der Waals surface area contributed by atoms with Crippen molar-refractivity contribution in [3.8, 4) is 0 Å². The minimum absolute atomic E-state index is 0.752. The smallest absolute Gasteiger partial charge is 0.0840 e. The first-order valence-electron chi connectivity index (χ1n) is 4.22. The maximum Gasteiger partial charge on any atom is 0.0840 e. The molecule has 0 aliphatic rings. The van der Waals surface area contributed by atoms with Crippen LogP contribution in [-0.4, -0.2) is 12.2 Å². The molecule has 0 fully saturated rings. The van der Waals surface area contributed by atoms with Crippen LogP contribution in [0.3, 0.4) is 0 Å².